The summed E-state index contributed by atoms with van der Waals surface area (Å²) < 4.78 is 5.59. The normalized spacial score (nSPS) is 10.6. The molecule has 0 saturated carbocycles. The van der Waals surface area contributed by atoms with Gasteiger partial charge in [0.25, 0.3) is 5.91 Å². The van der Waals surface area contributed by atoms with Crippen molar-refractivity contribution in [1.82, 2.24) is 5.43 Å². The first-order valence-electron chi connectivity index (χ1n) is 6.06. The fraction of sp³-hybridized carbons (Fsp3) is 0.0667. The summed E-state index contributed by atoms with van der Waals surface area (Å²) in [6.45, 7) is 0. The smallest absolute Gasteiger partial charge is 0.271 e. The molecule has 1 amide bonds. The van der Waals surface area contributed by atoms with Crippen LogP contribution in [0.25, 0.3) is 0 Å². The number of carbonyl (C=O) groups excluding carboxylic acids is 1. The van der Waals surface area contributed by atoms with Gasteiger partial charge in [-0.25, -0.2) is 5.43 Å². The lowest BCUT2D eigenvalue weighted by molar-refractivity contribution is 0.0955. The monoisotopic (exact) mass is 348 g/mol. The topological polar surface area (TPSA) is 70.9 Å². The molecule has 108 valence electrons. The van der Waals surface area contributed by atoms with Crippen LogP contribution in [0.4, 0.5) is 0 Å². The van der Waals surface area contributed by atoms with Crippen molar-refractivity contribution in [3.8, 4) is 11.5 Å². The van der Waals surface area contributed by atoms with Crippen molar-refractivity contribution in [3.63, 3.8) is 0 Å². The van der Waals surface area contributed by atoms with Gasteiger partial charge < -0.3 is 9.84 Å². The van der Waals surface area contributed by atoms with Gasteiger partial charge in [0.1, 0.15) is 11.5 Å². The summed E-state index contributed by atoms with van der Waals surface area (Å²) in [4.78, 5) is 11.8. The summed E-state index contributed by atoms with van der Waals surface area (Å²) in [5, 5.41) is 13.3. The molecule has 0 bridgehead atoms. The van der Waals surface area contributed by atoms with Crippen molar-refractivity contribution >= 4 is 28.1 Å². The van der Waals surface area contributed by atoms with E-state index >= 15 is 0 Å². The number of nitrogens with one attached hydrogen (secondary N) is 1. The van der Waals surface area contributed by atoms with E-state index in [2.05, 4.69) is 26.5 Å². The highest BCUT2D eigenvalue weighted by Crippen LogP contribution is 2.23. The molecule has 0 atom stereocenters. The molecule has 0 aliphatic heterocycles. The number of hydrazone groups is 1. The summed E-state index contributed by atoms with van der Waals surface area (Å²) >= 11 is 3.21. The number of carbonyl (C=O) groups is 1. The third kappa shape index (κ3) is 4.06. The fourth-order valence-electron chi connectivity index (χ4n) is 1.58. The maximum atomic E-state index is 11.8. The summed E-state index contributed by atoms with van der Waals surface area (Å²) in [5.41, 5.74) is 3.66. The molecule has 0 spiro atoms. The first-order valence-corrected chi connectivity index (χ1v) is 6.85. The van der Waals surface area contributed by atoms with Crippen LogP contribution in [0.2, 0.25) is 0 Å². The molecule has 6 heteroatoms. The number of rotatable bonds is 4. The Morgan fingerprint density at radius 2 is 2.00 bits per heavy atom. The first-order chi connectivity index (χ1) is 10.1. The molecule has 2 aromatic rings. The van der Waals surface area contributed by atoms with Crippen LogP contribution in [-0.2, 0) is 0 Å². The largest absolute Gasteiger partial charge is 0.507 e. The third-order valence-electron chi connectivity index (χ3n) is 2.70. The number of ether oxygens (including phenoxy) is 1. The molecule has 2 N–H and O–H groups in total. The van der Waals surface area contributed by atoms with Gasteiger partial charge in [-0.1, -0.05) is 0 Å². The number of phenolic OH excluding ortho intramolecular Hbond substituents is 1. The number of nitrogens with zero attached hydrogens (tertiary/aromatic N) is 1. The molecule has 2 rings (SSSR count). The van der Waals surface area contributed by atoms with Crippen LogP contribution in [0.15, 0.2) is 52.0 Å². The molecule has 0 aliphatic carbocycles. The molecule has 0 aromatic heterocycles. The van der Waals surface area contributed by atoms with E-state index < -0.39 is 0 Å². The molecule has 0 radical (unpaired) electrons. The van der Waals surface area contributed by atoms with Gasteiger partial charge in [-0.15, -0.1) is 0 Å². The molecule has 0 aliphatic rings. The van der Waals surface area contributed by atoms with Crippen LogP contribution in [0.3, 0.4) is 0 Å². The van der Waals surface area contributed by atoms with Gasteiger partial charge in [0.2, 0.25) is 0 Å². The summed E-state index contributed by atoms with van der Waals surface area (Å²) in [5.74, 6) is 0.519. The summed E-state index contributed by atoms with van der Waals surface area (Å²) in [6.07, 6.45) is 1.49. The molecule has 0 fully saturated rings. The lowest BCUT2D eigenvalue weighted by atomic mass is 10.2. The van der Waals surface area contributed by atoms with E-state index in [0.29, 0.717) is 15.8 Å². The minimum Gasteiger partial charge on any atom is -0.507 e. The van der Waals surface area contributed by atoms with E-state index in [-0.39, 0.29) is 11.7 Å². The average Bonchev–Trinajstić information content (AvgIpc) is 2.51. The van der Waals surface area contributed by atoms with Crippen molar-refractivity contribution in [2.75, 3.05) is 7.11 Å². The van der Waals surface area contributed by atoms with Crippen molar-refractivity contribution in [2.24, 2.45) is 5.10 Å². The van der Waals surface area contributed by atoms with Crippen molar-refractivity contribution < 1.29 is 14.6 Å². The van der Waals surface area contributed by atoms with E-state index in [9.17, 15) is 9.90 Å². The number of benzene rings is 2. The lowest BCUT2D eigenvalue weighted by Gasteiger charge is -2.02. The molecular formula is C15H13BrN2O3. The number of phenols is 1. The Morgan fingerprint density at radius 1 is 1.29 bits per heavy atom. The molecular weight excluding hydrogens is 336 g/mol. The molecule has 21 heavy (non-hydrogen) atoms. The van der Waals surface area contributed by atoms with Gasteiger partial charge >= 0.3 is 0 Å². The van der Waals surface area contributed by atoms with Crippen LogP contribution < -0.4 is 10.2 Å². The van der Waals surface area contributed by atoms with E-state index in [4.69, 9.17) is 4.74 Å². The molecule has 5 nitrogen and oxygen atoms in total. The highest BCUT2D eigenvalue weighted by Gasteiger charge is 2.04. The maximum absolute atomic E-state index is 11.8. The zero-order valence-electron chi connectivity index (χ0n) is 11.2. The highest BCUT2D eigenvalue weighted by molar-refractivity contribution is 9.10. The highest BCUT2D eigenvalue weighted by atomic mass is 79.9. The minimum absolute atomic E-state index is 0.148. The number of amides is 1. The average molecular weight is 349 g/mol. The van der Waals surface area contributed by atoms with Gasteiger partial charge in [0.05, 0.1) is 17.8 Å². The Labute approximate surface area is 130 Å². The van der Waals surface area contributed by atoms with Gasteiger partial charge in [0, 0.05) is 5.56 Å². The molecule has 0 heterocycles. The Balaban J connectivity index is 1.99. The van der Waals surface area contributed by atoms with Crippen molar-refractivity contribution in [2.45, 2.75) is 0 Å². The molecule has 0 unspecified atom stereocenters. The van der Waals surface area contributed by atoms with E-state index in [0.717, 1.165) is 5.56 Å². The summed E-state index contributed by atoms with van der Waals surface area (Å²) in [7, 11) is 1.56. The molecule has 0 saturated heterocycles. The van der Waals surface area contributed by atoms with Gasteiger partial charge in [-0.05, 0) is 64.0 Å². The maximum Gasteiger partial charge on any atom is 0.271 e. The second-order valence-corrected chi connectivity index (χ2v) is 4.99. The minimum atomic E-state index is -0.313. The predicted molar refractivity (Wildman–Crippen MR) is 83.9 cm³/mol. The number of hydrogen-bond donors (Lipinski definition) is 2. The zero-order valence-corrected chi connectivity index (χ0v) is 12.8. The second kappa shape index (κ2) is 6.90. The quantitative estimate of drug-likeness (QED) is 0.659. The number of aromatic hydroxyl groups is 1. The van der Waals surface area contributed by atoms with Crippen LogP contribution in [0.5, 0.6) is 11.5 Å². The van der Waals surface area contributed by atoms with E-state index in [1.165, 1.54) is 12.3 Å². The van der Waals surface area contributed by atoms with Crippen molar-refractivity contribution in [1.29, 1.82) is 0 Å². The fourth-order valence-corrected chi connectivity index (χ4v) is 1.97. The van der Waals surface area contributed by atoms with Crippen LogP contribution in [0.1, 0.15) is 15.9 Å². The van der Waals surface area contributed by atoms with E-state index in [1.807, 2.05) is 0 Å². The molecule has 2 aromatic carbocycles. The standard InChI is InChI=1S/C15H13BrN2O3/c1-21-12-5-3-11(4-6-12)15(20)18-17-9-10-2-7-14(19)13(16)8-10/h2-9,19H,1H3,(H,18,20)/b17-9-. The van der Waals surface area contributed by atoms with Crippen molar-refractivity contribution in [3.05, 3.63) is 58.1 Å². The Hall–Kier alpha value is -2.34. The van der Waals surface area contributed by atoms with Crippen LogP contribution >= 0.6 is 15.9 Å². The first kappa shape index (κ1) is 15.1. The van der Waals surface area contributed by atoms with Gasteiger partial charge in [0.15, 0.2) is 0 Å². The number of methoxy groups -OCH3 is 1. The van der Waals surface area contributed by atoms with E-state index in [1.54, 1.807) is 43.5 Å². The van der Waals surface area contributed by atoms with Gasteiger partial charge in [-0.2, -0.15) is 5.10 Å². The van der Waals surface area contributed by atoms with Crippen LogP contribution in [0, 0.1) is 0 Å². The zero-order chi connectivity index (χ0) is 15.2. The second-order valence-electron chi connectivity index (χ2n) is 4.14. The van der Waals surface area contributed by atoms with Gasteiger partial charge in [-0.3, -0.25) is 4.79 Å². The number of hydrogen-bond acceptors (Lipinski definition) is 4. The predicted octanol–water partition coefficient (Wildman–Crippen LogP) is 2.93. The SMILES string of the molecule is COc1ccc(C(=O)N/N=C\c2ccc(O)c(Br)c2)cc1. The lowest BCUT2D eigenvalue weighted by Crippen LogP contribution is -2.17. The number of halogens is 1. The Bertz CT molecular complexity index is 669. The Kier molecular flexibility index (Phi) is 4.94. The summed E-state index contributed by atoms with van der Waals surface area (Å²) in [6, 6.07) is 11.6. The van der Waals surface area contributed by atoms with Crippen LogP contribution in [-0.4, -0.2) is 24.3 Å². The third-order valence-corrected chi connectivity index (χ3v) is 3.34. The Morgan fingerprint density at radius 3 is 2.62 bits per heavy atom.